The third-order valence-corrected chi connectivity index (χ3v) is 8.42. The molecular formula is C25H20FN3O4S2. The first-order valence-electron chi connectivity index (χ1n) is 10.8. The molecule has 1 saturated carbocycles. The number of carbonyl (C=O) groups excluding carboxylic acids is 1. The second kappa shape index (κ2) is 8.83. The maximum atomic E-state index is 15.0. The number of fused-ring (bicyclic) bond motifs is 1. The van der Waals surface area contributed by atoms with Crippen molar-refractivity contribution in [2.24, 2.45) is 7.05 Å². The molecule has 0 saturated heterocycles. The molecule has 0 aliphatic heterocycles. The quantitative estimate of drug-likeness (QED) is 0.339. The van der Waals surface area contributed by atoms with Crippen LogP contribution in [0.5, 0.6) is 0 Å². The summed E-state index contributed by atoms with van der Waals surface area (Å²) in [6.45, 7) is 1.79. The predicted octanol–water partition coefficient (Wildman–Crippen LogP) is 5.66. The highest BCUT2D eigenvalue weighted by Gasteiger charge is 2.55. The Morgan fingerprint density at radius 1 is 1.26 bits per heavy atom. The molecule has 1 atom stereocenters. The molecule has 7 nitrogen and oxygen atoms in total. The van der Waals surface area contributed by atoms with Crippen LogP contribution in [0, 0.1) is 17.7 Å². The van der Waals surface area contributed by atoms with E-state index < -0.39 is 29.4 Å². The molecule has 5 rings (SSSR count). The number of nitrogens with one attached hydrogen (secondary N) is 1. The third kappa shape index (κ3) is 4.29. The number of carbonyl (C=O) groups is 2. The summed E-state index contributed by atoms with van der Waals surface area (Å²) in [4.78, 5) is 25.0. The fourth-order valence-corrected chi connectivity index (χ4v) is 6.27. The van der Waals surface area contributed by atoms with Crippen LogP contribution in [0.2, 0.25) is 0 Å². The molecular weight excluding hydrogens is 489 g/mol. The number of halogens is 1. The number of aryl methyl sites for hydroxylation is 1. The van der Waals surface area contributed by atoms with Gasteiger partial charge < -0.3 is 9.84 Å². The second-order valence-electron chi connectivity index (χ2n) is 8.30. The van der Waals surface area contributed by atoms with Gasteiger partial charge in [0.05, 0.1) is 26.2 Å². The van der Waals surface area contributed by atoms with Gasteiger partial charge in [-0.25, -0.2) is 9.18 Å². The Morgan fingerprint density at radius 3 is 2.66 bits per heavy atom. The van der Waals surface area contributed by atoms with E-state index in [-0.39, 0.29) is 0 Å². The molecule has 1 fully saturated rings. The summed E-state index contributed by atoms with van der Waals surface area (Å²) >= 11 is 2.36. The molecule has 2 N–H and O–H groups in total. The number of carboxylic acid groups (broad SMARTS) is 1. The molecule has 1 aliphatic rings. The van der Waals surface area contributed by atoms with Gasteiger partial charge in [-0.3, -0.25) is 14.8 Å². The van der Waals surface area contributed by atoms with Crippen LogP contribution in [0.25, 0.3) is 9.40 Å². The molecule has 0 spiro atoms. The topological polar surface area (TPSA) is 93.4 Å². The lowest BCUT2D eigenvalue weighted by atomic mass is 10.1. The molecule has 35 heavy (non-hydrogen) atoms. The van der Waals surface area contributed by atoms with E-state index in [1.807, 2.05) is 30.3 Å². The lowest BCUT2D eigenvalue weighted by molar-refractivity contribution is -0.140. The van der Waals surface area contributed by atoms with Gasteiger partial charge in [-0.15, -0.1) is 22.7 Å². The fourth-order valence-electron chi connectivity index (χ4n) is 3.78. The van der Waals surface area contributed by atoms with Crippen molar-refractivity contribution in [3.63, 3.8) is 0 Å². The SMILES string of the molecule is CC(OC(=O)Nc1c(C#Cc2cc3sc(C4(C(=O)O)CC4)c(F)c3s2)cnn1C)c1ccccc1. The van der Waals surface area contributed by atoms with E-state index in [2.05, 4.69) is 22.3 Å². The highest BCUT2D eigenvalue weighted by atomic mass is 32.1. The van der Waals surface area contributed by atoms with Gasteiger partial charge >= 0.3 is 12.1 Å². The minimum absolute atomic E-state index is 0.299. The Bertz CT molecular complexity index is 1510. The van der Waals surface area contributed by atoms with Gasteiger partial charge in [0.2, 0.25) is 0 Å². The highest BCUT2D eigenvalue weighted by Crippen LogP contribution is 2.54. The lowest BCUT2D eigenvalue weighted by Gasteiger charge is -2.14. The van der Waals surface area contributed by atoms with Gasteiger partial charge in [0.15, 0.2) is 5.82 Å². The third-order valence-electron chi connectivity index (χ3n) is 5.94. The van der Waals surface area contributed by atoms with Crippen molar-refractivity contribution in [2.75, 3.05) is 5.32 Å². The zero-order chi connectivity index (χ0) is 24.7. The zero-order valence-electron chi connectivity index (χ0n) is 18.8. The van der Waals surface area contributed by atoms with E-state index in [9.17, 15) is 19.1 Å². The van der Waals surface area contributed by atoms with Crippen molar-refractivity contribution in [2.45, 2.75) is 31.3 Å². The number of hydrogen-bond donors (Lipinski definition) is 2. The first-order chi connectivity index (χ1) is 16.8. The molecule has 178 valence electrons. The van der Waals surface area contributed by atoms with Gasteiger partial charge in [-0.1, -0.05) is 42.2 Å². The molecule has 10 heteroatoms. The Balaban J connectivity index is 1.33. The van der Waals surface area contributed by atoms with Crippen molar-refractivity contribution in [1.82, 2.24) is 9.78 Å². The number of thiophene rings is 2. The number of anilines is 1. The number of carboxylic acids is 1. The molecule has 1 aromatic carbocycles. The Hall–Kier alpha value is -3.68. The Morgan fingerprint density at radius 2 is 2.00 bits per heavy atom. The van der Waals surface area contributed by atoms with E-state index in [1.165, 1.54) is 33.6 Å². The second-order valence-corrected chi connectivity index (χ2v) is 10.4. The number of amides is 1. The smallest absolute Gasteiger partial charge is 0.413 e. The molecule has 3 heterocycles. The number of aliphatic carboxylic acids is 1. The number of nitrogens with zero attached hydrogens (tertiary/aromatic N) is 2. The van der Waals surface area contributed by atoms with E-state index in [1.54, 1.807) is 20.0 Å². The minimum atomic E-state index is -1.07. The van der Waals surface area contributed by atoms with Crippen LogP contribution in [0.15, 0.2) is 42.6 Å². The molecule has 4 aromatic rings. The fraction of sp³-hybridized carbons (Fsp3) is 0.240. The summed E-state index contributed by atoms with van der Waals surface area (Å²) in [7, 11) is 1.68. The molecule has 1 unspecified atom stereocenters. The summed E-state index contributed by atoms with van der Waals surface area (Å²) in [5.41, 5.74) is 0.289. The largest absolute Gasteiger partial charge is 0.481 e. The highest BCUT2D eigenvalue weighted by molar-refractivity contribution is 7.28. The van der Waals surface area contributed by atoms with Gasteiger partial charge in [0.25, 0.3) is 0 Å². The van der Waals surface area contributed by atoms with Crippen LogP contribution >= 0.6 is 22.7 Å². The van der Waals surface area contributed by atoms with E-state index in [4.69, 9.17) is 4.74 Å². The summed E-state index contributed by atoms with van der Waals surface area (Å²) < 4.78 is 23.0. The van der Waals surface area contributed by atoms with E-state index >= 15 is 0 Å². The molecule has 3 aromatic heterocycles. The molecule has 1 aliphatic carbocycles. The maximum Gasteiger partial charge on any atom is 0.413 e. The summed E-state index contributed by atoms with van der Waals surface area (Å²) in [5.74, 6) is 4.93. The first kappa shape index (κ1) is 23.1. The number of benzene rings is 1. The van der Waals surface area contributed by atoms with Gasteiger partial charge in [-0.2, -0.15) is 5.10 Å². The lowest BCUT2D eigenvalue weighted by Crippen LogP contribution is -2.19. The van der Waals surface area contributed by atoms with Gasteiger partial charge in [0, 0.05) is 11.7 Å². The van der Waals surface area contributed by atoms with Crippen molar-refractivity contribution < 1.29 is 23.8 Å². The van der Waals surface area contributed by atoms with Crippen LogP contribution in [-0.2, 0) is 22.0 Å². The van der Waals surface area contributed by atoms with Crippen LogP contribution < -0.4 is 5.32 Å². The molecule has 0 bridgehead atoms. The van der Waals surface area contributed by atoms with Crippen LogP contribution in [0.3, 0.4) is 0 Å². The Labute approximate surface area is 208 Å². The minimum Gasteiger partial charge on any atom is -0.481 e. The van der Waals surface area contributed by atoms with Crippen molar-refractivity contribution in [1.29, 1.82) is 0 Å². The van der Waals surface area contributed by atoms with E-state index in [0.717, 1.165) is 5.56 Å². The molecule has 0 radical (unpaired) electrons. The number of ether oxygens (including phenoxy) is 1. The van der Waals surface area contributed by atoms with Crippen molar-refractivity contribution in [3.05, 3.63) is 69.3 Å². The summed E-state index contributed by atoms with van der Waals surface area (Å²) in [5, 5.41) is 16.3. The zero-order valence-corrected chi connectivity index (χ0v) is 20.4. The van der Waals surface area contributed by atoms with Crippen molar-refractivity contribution >= 4 is 50.0 Å². The standard InChI is InChI=1S/C25H20FN3O4S2/c1-14(15-6-4-3-5-7-15)33-24(32)28-22-16(13-27-29(22)2)8-9-17-12-18-20(34-17)19(26)21(35-18)25(10-11-25)23(30)31/h3-7,12-14H,10-11H2,1-2H3,(H,28,32)(H,30,31). The number of hydrogen-bond acceptors (Lipinski definition) is 6. The average Bonchev–Trinajstić information content (AvgIpc) is 3.32. The summed E-state index contributed by atoms with van der Waals surface area (Å²) in [6.07, 6.45) is 1.38. The first-order valence-corrected chi connectivity index (χ1v) is 12.4. The number of rotatable bonds is 5. The van der Waals surface area contributed by atoms with Crippen LogP contribution in [0.4, 0.5) is 15.0 Å². The molecule has 1 amide bonds. The monoisotopic (exact) mass is 509 g/mol. The normalized spacial score (nSPS) is 14.7. The Kier molecular flexibility index (Phi) is 5.83. The predicted molar refractivity (Wildman–Crippen MR) is 132 cm³/mol. The maximum absolute atomic E-state index is 15.0. The number of aromatic nitrogens is 2. The van der Waals surface area contributed by atoms with Gasteiger partial charge in [-0.05, 0) is 31.4 Å². The summed E-state index contributed by atoms with van der Waals surface area (Å²) in [6, 6.07) is 11.2. The van der Waals surface area contributed by atoms with Crippen molar-refractivity contribution in [3.8, 4) is 11.8 Å². The van der Waals surface area contributed by atoms with Gasteiger partial charge in [0.1, 0.15) is 17.3 Å². The van der Waals surface area contributed by atoms with Crippen LogP contribution in [-0.4, -0.2) is 26.9 Å². The van der Waals surface area contributed by atoms with E-state index in [0.29, 0.717) is 43.4 Å². The van der Waals surface area contributed by atoms with Crippen LogP contribution in [0.1, 0.15) is 46.8 Å². The average molecular weight is 510 g/mol.